The number of nitrogens with zero attached hydrogens (tertiary/aromatic N) is 2. The molecule has 1 aromatic carbocycles. The third-order valence-electron chi connectivity index (χ3n) is 5.07. The van der Waals surface area contributed by atoms with Crippen molar-refractivity contribution >= 4 is 23.4 Å². The highest BCUT2D eigenvalue weighted by Crippen LogP contribution is 2.24. The van der Waals surface area contributed by atoms with E-state index >= 15 is 0 Å². The molecule has 0 bridgehead atoms. The predicted molar refractivity (Wildman–Crippen MR) is 100 cm³/mol. The highest BCUT2D eigenvalue weighted by molar-refractivity contribution is 6.33. The van der Waals surface area contributed by atoms with Gasteiger partial charge in [0.15, 0.2) is 0 Å². The minimum atomic E-state index is -0.300. The molecule has 1 aromatic heterocycles. The lowest BCUT2D eigenvalue weighted by Gasteiger charge is -2.36. The second kappa shape index (κ2) is 7.72. The van der Waals surface area contributed by atoms with Crippen molar-refractivity contribution in [3.8, 4) is 0 Å². The van der Waals surface area contributed by atoms with E-state index in [0.29, 0.717) is 43.2 Å². The third kappa shape index (κ3) is 3.71. The van der Waals surface area contributed by atoms with Crippen LogP contribution in [-0.4, -0.2) is 53.8 Å². The number of furan rings is 1. The van der Waals surface area contributed by atoms with Crippen molar-refractivity contribution in [3.05, 3.63) is 59.0 Å². The van der Waals surface area contributed by atoms with E-state index in [1.54, 1.807) is 40.3 Å². The van der Waals surface area contributed by atoms with Crippen LogP contribution < -0.4 is 10.9 Å². The summed E-state index contributed by atoms with van der Waals surface area (Å²) in [6.07, 6.45) is 2.26. The summed E-state index contributed by atoms with van der Waals surface area (Å²) in [6.45, 7) is 2.02. The molecule has 2 unspecified atom stereocenters. The van der Waals surface area contributed by atoms with Gasteiger partial charge < -0.3 is 14.2 Å². The molecule has 0 aliphatic carbocycles. The SMILES string of the molecule is O=C(c1ccccc1Cl)N1CCN(C(=O)C2CC(c3ccco3)NN2)CC1. The van der Waals surface area contributed by atoms with Gasteiger partial charge in [0.2, 0.25) is 5.91 Å². The van der Waals surface area contributed by atoms with Crippen molar-refractivity contribution in [2.75, 3.05) is 26.2 Å². The monoisotopic (exact) mass is 388 g/mol. The Balaban J connectivity index is 1.32. The number of nitrogens with one attached hydrogen (secondary N) is 2. The van der Waals surface area contributed by atoms with E-state index < -0.39 is 0 Å². The summed E-state index contributed by atoms with van der Waals surface area (Å²) >= 11 is 6.12. The van der Waals surface area contributed by atoms with Gasteiger partial charge in [0.25, 0.3) is 5.91 Å². The highest BCUT2D eigenvalue weighted by atomic mass is 35.5. The zero-order chi connectivity index (χ0) is 18.8. The molecule has 3 heterocycles. The van der Waals surface area contributed by atoms with Crippen LogP contribution in [0, 0.1) is 0 Å². The molecule has 0 saturated carbocycles. The second-order valence-corrected chi connectivity index (χ2v) is 7.15. The molecule has 2 aromatic rings. The average molecular weight is 389 g/mol. The summed E-state index contributed by atoms with van der Waals surface area (Å²) in [5, 5.41) is 0.450. The lowest BCUT2D eigenvalue weighted by molar-refractivity contribution is -0.134. The summed E-state index contributed by atoms with van der Waals surface area (Å²) in [6, 6.07) is 10.4. The Hall–Kier alpha value is -2.35. The number of carbonyl (C=O) groups excluding carboxylic acids is 2. The van der Waals surface area contributed by atoms with Crippen molar-refractivity contribution in [1.82, 2.24) is 20.7 Å². The van der Waals surface area contributed by atoms with Gasteiger partial charge in [-0.05, 0) is 30.7 Å². The summed E-state index contributed by atoms with van der Waals surface area (Å²) in [7, 11) is 0. The molecule has 0 radical (unpaired) electrons. The topological polar surface area (TPSA) is 77.8 Å². The van der Waals surface area contributed by atoms with E-state index in [0.717, 1.165) is 5.76 Å². The number of halogens is 1. The van der Waals surface area contributed by atoms with Crippen LogP contribution in [-0.2, 0) is 4.79 Å². The first-order valence-electron chi connectivity index (χ1n) is 9.00. The molecule has 2 saturated heterocycles. The van der Waals surface area contributed by atoms with Gasteiger partial charge >= 0.3 is 0 Å². The quantitative estimate of drug-likeness (QED) is 0.838. The van der Waals surface area contributed by atoms with Crippen LogP contribution in [0.15, 0.2) is 47.1 Å². The molecule has 2 fully saturated rings. The van der Waals surface area contributed by atoms with Crippen LogP contribution >= 0.6 is 11.6 Å². The van der Waals surface area contributed by atoms with E-state index in [9.17, 15) is 9.59 Å². The molecule has 0 spiro atoms. The Morgan fingerprint density at radius 2 is 1.74 bits per heavy atom. The summed E-state index contributed by atoms with van der Waals surface area (Å²) in [5.74, 6) is 0.764. The maximum Gasteiger partial charge on any atom is 0.255 e. The van der Waals surface area contributed by atoms with E-state index in [2.05, 4.69) is 10.9 Å². The number of carbonyl (C=O) groups is 2. The van der Waals surface area contributed by atoms with E-state index in [-0.39, 0.29) is 23.9 Å². The Morgan fingerprint density at radius 3 is 2.44 bits per heavy atom. The van der Waals surface area contributed by atoms with Crippen molar-refractivity contribution in [1.29, 1.82) is 0 Å². The zero-order valence-electron chi connectivity index (χ0n) is 14.7. The first-order valence-corrected chi connectivity index (χ1v) is 9.38. The van der Waals surface area contributed by atoms with Gasteiger partial charge in [-0.3, -0.25) is 9.59 Å². The second-order valence-electron chi connectivity index (χ2n) is 6.74. The molecule has 8 heteroatoms. The van der Waals surface area contributed by atoms with Crippen LogP contribution in [0.1, 0.15) is 28.6 Å². The first kappa shape index (κ1) is 18.0. The Labute approximate surface area is 162 Å². The van der Waals surface area contributed by atoms with Crippen LogP contribution in [0.4, 0.5) is 0 Å². The van der Waals surface area contributed by atoms with Gasteiger partial charge in [0, 0.05) is 26.2 Å². The van der Waals surface area contributed by atoms with Gasteiger partial charge in [-0.2, -0.15) is 0 Å². The molecule has 2 N–H and O–H groups in total. The van der Waals surface area contributed by atoms with E-state index in [1.807, 2.05) is 12.1 Å². The number of amides is 2. The van der Waals surface area contributed by atoms with Gasteiger partial charge in [0.05, 0.1) is 22.9 Å². The standard InChI is InChI=1S/C19H21ClN4O3/c20-14-5-2-1-4-13(14)18(25)23-7-9-24(10-8-23)19(26)16-12-15(21-22-16)17-6-3-11-27-17/h1-6,11,15-16,21-22H,7-10,12H2. The van der Waals surface area contributed by atoms with Crippen LogP contribution in [0.3, 0.4) is 0 Å². The predicted octanol–water partition coefficient (Wildman–Crippen LogP) is 1.83. The number of rotatable bonds is 3. The van der Waals surface area contributed by atoms with Crippen molar-refractivity contribution in [2.24, 2.45) is 0 Å². The van der Waals surface area contributed by atoms with Crippen molar-refractivity contribution < 1.29 is 14.0 Å². The van der Waals surface area contributed by atoms with Crippen LogP contribution in [0.2, 0.25) is 5.02 Å². The summed E-state index contributed by atoms with van der Waals surface area (Å²) < 4.78 is 5.40. The fraction of sp³-hybridized carbons (Fsp3) is 0.368. The molecule has 7 nitrogen and oxygen atoms in total. The molecule has 142 valence electrons. The Morgan fingerprint density at radius 1 is 1.00 bits per heavy atom. The van der Waals surface area contributed by atoms with Gasteiger partial charge in [-0.1, -0.05) is 23.7 Å². The summed E-state index contributed by atoms with van der Waals surface area (Å²) in [4.78, 5) is 29.0. The Bertz CT molecular complexity index is 818. The molecule has 27 heavy (non-hydrogen) atoms. The smallest absolute Gasteiger partial charge is 0.255 e. The molecule has 2 atom stereocenters. The van der Waals surface area contributed by atoms with Crippen LogP contribution in [0.25, 0.3) is 0 Å². The minimum Gasteiger partial charge on any atom is -0.468 e. The van der Waals surface area contributed by atoms with Gasteiger partial charge in [-0.25, -0.2) is 10.9 Å². The number of hydrogen-bond donors (Lipinski definition) is 2. The fourth-order valence-corrected chi connectivity index (χ4v) is 3.77. The van der Waals surface area contributed by atoms with Gasteiger partial charge in [0.1, 0.15) is 11.8 Å². The van der Waals surface area contributed by atoms with Crippen LogP contribution in [0.5, 0.6) is 0 Å². The van der Waals surface area contributed by atoms with Gasteiger partial charge in [-0.15, -0.1) is 0 Å². The average Bonchev–Trinajstić information content (AvgIpc) is 3.39. The number of hydrazine groups is 1. The van der Waals surface area contributed by atoms with E-state index in [4.69, 9.17) is 16.0 Å². The molecule has 2 aliphatic heterocycles. The number of piperazine rings is 1. The van der Waals surface area contributed by atoms with Crippen molar-refractivity contribution in [2.45, 2.75) is 18.5 Å². The lowest BCUT2D eigenvalue weighted by Crippen LogP contribution is -2.54. The third-order valence-corrected chi connectivity index (χ3v) is 5.40. The fourth-order valence-electron chi connectivity index (χ4n) is 3.55. The highest BCUT2D eigenvalue weighted by Gasteiger charge is 2.35. The molecule has 2 aliphatic rings. The molecule has 2 amide bonds. The number of benzene rings is 1. The summed E-state index contributed by atoms with van der Waals surface area (Å²) in [5.41, 5.74) is 6.68. The number of hydrogen-bond acceptors (Lipinski definition) is 5. The Kier molecular flexibility index (Phi) is 5.15. The molecule has 4 rings (SSSR count). The normalized spacial score (nSPS) is 22.9. The lowest BCUT2D eigenvalue weighted by atomic mass is 10.1. The zero-order valence-corrected chi connectivity index (χ0v) is 15.5. The maximum absolute atomic E-state index is 12.8. The first-order chi connectivity index (χ1) is 13.1. The maximum atomic E-state index is 12.8. The van der Waals surface area contributed by atoms with E-state index in [1.165, 1.54) is 0 Å². The minimum absolute atomic E-state index is 0.0166. The molecular weight excluding hydrogens is 368 g/mol. The van der Waals surface area contributed by atoms with Crippen molar-refractivity contribution in [3.63, 3.8) is 0 Å². The molecular formula is C19H21ClN4O3. The largest absolute Gasteiger partial charge is 0.468 e.